The number of aromatic nitrogens is 1. The maximum atomic E-state index is 10.5. The van der Waals surface area contributed by atoms with Gasteiger partial charge in [-0.25, -0.2) is 10.8 Å². The molecule has 1 saturated carbocycles. The van der Waals surface area contributed by atoms with Gasteiger partial charge in [-0.15, -0.1) is 0 Å². The summed E-state index contributed by atoms with van der Waals surface area (Å²) in [5, 5.41) is 13.7. The van der Waals surface area contributed by atoms with Crippen molar-refractivity contribution in [2.75, 3.05) is 17.3 Å². The maximum absolute atomic E-state index is 10.5. The van der Waals surface area contributed by atoms with Gasteiger partial charge in [0.2, 0.25) is 0 Å². The fraction of sp³-hybridized carbons (Fsp3) is 0.615. The first-order valence-electron chi connectivity index (χ1n) is 6.62. The van der Waals surface area contributed by atoms with Crippen LogP contribution in [-0.2, 0) is 0 Å². The predicted molar refractivity (Wildman–Crippen MR) is 73.2 cm³/mol. The van der Waals surface area contributed by atoms with Crippen LogP contribution in [0.3, 0.4) is 0 Å². The van der Waals surface area contributed by atoms with Crippen molar-refractivity contribution in [3.63, 3.8) is 0 Å². The van der Waals surface area contributed by atoms with Gasteiger partial charge in [0, 0.05) is 6.54 Å². The van der Waals surface area contributed by atoms with Gasteiger partial charge in [0.05, 0.1) is 5.60 Å². The minimum Gasteiger partial charge on any atom is -0.388 e. The molecule has 0 unspecified atom stereocenters. The van der Waals surface area contributed by atoms with Gasteiger partial charge < -0.3 is 15.8 Å². The summed E-state index contributed by atoms with van der Waals surface area (Å²) in [5.74, 6) is 6.67. The van der Waals surface area contributed by atoms with Crippen molar-refractivity contribution >= 4 is 11.6 Å². The molecule has 18 heavy (non-hydrogen) atoms. The minimum atomic E-state index is -0.593. The van der Waals surface area contributed by atoms with E-state index in [0.717, 1.165) is 31.5 Å². The standard InChI is InChI=1S/C13H22N4O/c14-17-12-7-5-6-11(16-12)15-10-13(18)8-3-1-2-4-9-13/h5-7,18H,1-4,8-10,14H2,(H2,15,16,17). The summed E-state index contributed by atoms with van der Waals surface area (Å²) in [6, 6.07) is 5.55. The Morgan fingerprint density at radius 3 is 2.50 bits per heavy atom. The number of hydrazine groups is 1. The number of hydrogen-bond donors (Lipinski definition) is 4. The number of pyridine rings is 1. The van der Waals surface area contributed by atoms with Crippen LogP contribution < -0.4 is 16.6 Å². The molecule has 1 heterocycles. The van der Waals surface area contributed by atoms with Gasteiger partial charge in [0.15, 0.2) is 0 Å². The molecule has 0 spiro atoms. The Bertz CT molecular complexity index is 375. The molecular formula is C13H22N4O. The quantitative estimate of drug-likeness (QED) is 0.372. The van der Waals surface area contributed by atoms with Gasteiger partial charge in [-0.1, -0.05) is 31.7 Å². The van der Waals surface area contributed by atoms with E-state index in [1.807, 2.05) is 12.1 Å². The Kier molecular flexibility index (Phi) is 4.38. The van der Waals surface area contributed by atoms with E-state index in [1.165, 1.54) is 12.8 Å². The molecule has 0 bridgehead atoms. The second-order valence-corrected chi connectivity index (χ2v) is 5.04. The molecule has 1 aliphatic rings. The molecule has 0 saturated heterocycles. The second-order valence-electron chi connectivity index (χ2n) is 5.04. The molecular weight excluding hydrogens is 228 g/mol. The van der Waals surface area contributed by atoms with E-state index in [2.05, 4.69) is 15.7 Å². The zero-order chi connectivity index (χ0) is 12.8. The van der Waals surface area contributed by atoms with Crippen molar-refractivity contribution < 1.29 is 5.11 Å². The third-order valence-corrected chi connectivity index (χ3v) is 3.53. The molecule has 1 aromatic heterocycles. The van der Waals surface area contributed by atoms with Gasteiger partial charge >= 0.3 is 0 Å². The number of aliphatic hydroxyl groups is 1. The van der Waals surface area contributed by atoms with Crippen LogP contribution in [0.25, 0.3) is 0 Å². The van der Waals surface area contributed by atoms with E-state index in [9.17, 15) is 5.11 Å². The van der Waals surface area contributed by atoms with Crippen LogP contribution in [0.15, 0.2) is 18.2 Å². The van der Waals surface area contributed by atoms with E-state index in [4.69, 9.17) is 5.84 Å². The van der Waals surface area contributed by atoms with E-state index >= 15 is 0 Å². The molecule has 1 aliphatic carbocycles. The molecule has 0 aliphatic heterocycles. The summed E-state index contributed by atoms with van der Waals surface area (Å²) in [7, 11) is 0. The number of nitrogens with zero attached hydrogens (tertiary/aromatic N) is 1. The second kappa shape index (κ2) is 6.02. The topological polar surface area (TPSA) is 83.2 Å². The van der Waals surface area contributed by atoms with Crippen molar-refractivity contribution in [1.82, 2.24) is 4.98 Å². The van der Waals surface area contributed by atoms with Gasteiger partial charge in [0.1, 0.15) is 11.6 Å². The van der Waals surface area contributed by atoms with Crippen LogP contribution in [0.1, 0.15) is 38.5 Å². The molecule has 5 heteroatoms. The molecule has 0 radical (unpaired) electrons. The average molecular weight is 250 g/mol. The smallest absolute Gasteiger partial charge is 0.142 e. The van der Waals surface area contributed by atoms with Crippen molar-refractivity contribution in [3.8, 4) is 0 Å². The van der Waals surface area contributed by atoms with Crippen LogP contribution in [0.4, 0.5) is 11.6 Å². The SMILES string of the molecule is NNc1cccc(NCC2(O)CCCCCC2)n1. The molecule has 0 aromatic carbocycles. The average Bonchev–Trinajstić information content (AvgIpc) is 2.62. The van der Waals surface area contributed by atoms with Gasteiger partial charge in [0.25, 0.3) is 0 Å². The minimum absolute atomic E-state index is 0.550. The molecule has 5 N–H and O–H groups in total. The Hall–Kier alpha value is -1.33. The van der Waals surface area contributed by atoms with Crippen LogP contribution in [0.5, 0.6) is 0 Å². The number of anilines is 2. The zero-order valence-corrected chi connectivity index (χ0v) is 10.7. The molecule has 1 fully saturated rings. The van der Waals surface area contributed by atoms with Crippen LogP contribution >= 0.6 is 0 Å². The van der Waals surface area contributed by atoms with Gasteiger partial charge in [-0.2, -0.15) is 0 Å². The summed E-state index contributed by atoms with van der Waals surface area (Å²) in [6.07, 6.45) is 6.41. The van der Waals surface area contributed by atoms with Crippen LogP contribution in [0.2, 0.25) is 0 Å². The summed E-state index contributed by atoms with van der Waals surface area (Å²) in [5.41, 5.74) is 1.92. The van der Waals surface area contributed by atoms with E-state index < -0.39 is 5.60 Å². The van der Waals surface area contributed by atoms with Crippen LogP contribution in [-0.4, -0.2) is 22.2 Å². The first kappa shape index (κ1) is 13.1. The van der Waals surface area contributed by atoms with Crippen molar-refractivity contribution in [2.45, 2.75) is 44.1 Å². The molecule has 1 aromatic rings. The molecule has 0 amide bonds. The Balaban J connectivity index is 1.92. The first-order valence-corrected chi connectivity index (χ1v) is 6.62. The predicted octanol–water partition coefficient (Wildman–Crippen LogP) is 1.86. The highest BCUT2D eigenvalue weighted by Crippen LogP contribution is 2.27. The number of nitrogens with two attached hydrogens (primary N) is 1. The summed E-state index contributed by atoms with van der Waals surface area (Å²) in [6.45, 7) is 0.550. The Morgan fingerprint density at radius 2 is 1.83 bits per heavy atom. The summed E-state index contributed by atoms with van der Waals surface area (Å²) >= 11 is 0. The zero-order valence-electron chi connectivity index (χ0n) is 10.7. The Morgan fingerprint density at radius 1 is 1.17 bits per heavy atom. The number of rotatable bonds is 4. The van der Waals surface area contributed by atoms with Crippen molar-refractivity contribution in [1.29, 1.82) is 0 Å². The fourth-order valence-electron chi connectivity index (χ4n) is 2.43. The highest BCUT2D eigenvalue weighted by atomic mass is 16.3. The number of nitrogens with one attached hydrogen (secondary N) is 2. The fourth-order valence-corrected chi connectivity index (χ4v) is 2.43. The lowest BCUT2D eigenvalue weighted by molar-refractivity contribution is 0.0380. The summed E-state index contributed by atoms with van der Waals surface area (Å²) in [4.78, 5) is 4.27. The summed E-state index contributed by atoms with van der Waals surface area (Å²) < 4.78 is 0. The molecule has 0 atom stereocenters. The lowest BCUT2D eigenvalue weighted by Gasteiger charge is -2.27. The third kappa shape index (κ3) is 3.58. The third-order valence-electron chi connectivity index (χ3n) is 3.53. The number of hydrogen-bond acceptors (Lipinski definition) is 5. The Labute approximate surface area is 108 Å². The largest absolute Gasteiger partial charge is 0.388 e. The molecule has 2 rings (SSSR count). The van der Waals surface area contributed by atoms with E-state index in [-0.39, 0.29) is 0 Å². The van der Waals surface area contributed by atoms with Crippen LogP contribution in [0, 0.1) is 0 Å². The van der Waals surface area contributed by atoms with Gasteiger partial charge in [-0.3, -0.25) is 0 Å². The number of nitrogen functional groups attached to an aromatic ring is 1. The molecule has 5 nitrogen and oxygen atoms in total. The lowest BCUT2D eigenvalue weighted by Crippen LogP contribution is -2.36. The van der Waals surface area contributed by atoms with Gasteiger partial charge in [-0.05, 0) is 25.0 Å². The monoisotopic (exact) mass is 250 g/mol. The van der Waals surface area contributed by atoms with Crippen molar-refractivity contribution in [3.05, 3.63) is 18.2 Å². The normalized spacial score (nSPS) is 19.0. The maximum Gasteiger partial charge on any atom is 0.142 e. The first-order chi connectivity index (χ1) is 8.72. The highest BCUT2D eigenvalue weighted by molar-refractivity contribution is 5.44. The van der Waals surface area contributed by atoms with Crippen molar-refractivity contribution in [2.24, 2.45) is 5.84 Å². The highest BCUT2D eigenvalue weighted by Gasteiger charge is 2.27. The van der Waals surface area contributed by atoms with E-state index in [0.29, 0.717) is 12.4 Å². The lowest BCUT2D eigenvalue weighted by atomic mass is 9.94. The van der Waals surface area contributed by atoms with E-state index in [1.54, 1.807) is 6.07 Å². The molecule has 100 valence electrons.